The Morgan fingerprint density at radius 1 is 1.29 bits per heavy atom. The van der Waals surface area contributed by atoms with Crippen LogP contribution < -0.4 is 0 Å². The van der Waals surface area contributed by atoms with Gasteiger partial charge in [-0.15, -0.1) is 0 Å². The highest BCUT2D eigenvalue weighted by molar-refractivity contribution is 5.78. The van der Waals surface area contributed by atoms with Crippen molar-refractivity contribution in [2.45, 2.75) is 51.7 Å². The third-order valence-corrected chi connectivity index (χ3v) is 2.86. The summed E-state index contributed by atoms with van der Waals surface area (Å²) in [7, 11) is 1.32. The number of carbonyl (C=O) groups is 2. The van der Waals surface area contributed by atoms with E-state index in [4.69, 9.17) is 4.74 Å². The Kier molecular flexibility index (Phi) is 5.25. The van der Waals surface area contributed by atoms with Gasteiger partial charge in [-0.1, -0.05) is 12.8 Å². The van der Waals surface area contributed by atoms with Crippen molar-refractivity contribution in [3.8, 4) is 0 Å². The number of hydrogen-bond acceptors (Lipinski definition) is 4. The summed E-state index contributed by atoms with van der Waals surface area (Å²) < 4.78 is 9.76. The first-order valence-corrected chi connectivity index (χ1v) is 6.08. The molecule has 0 spiro atoms. The van der Waals surface area contributed by atoms with Gasteiger partial charge in [-0.05, 0) is 26.7 Å². The molecule has 0 aromatic carbocycles. The van der Waals surface area contributed by atoms with Gasteiger partial charge in [0.15, 0.2) is 0 Å². The van der Waals surface area contributed by atoms with Crippen molar-refractivity contribution in [1.29, 1.82) is 0 Å². The van der Waals surface area contributed by atoms with Gasteiger partial charge in [0.2, 0.25) is 0 Å². The molecule has 0 aromatic heterocycles. The summed E-state index contributed by atoms with van der Waals surface area (Å²) >= 11 is 0. The van der Waals surface area contributed by atoms with Gasteiger partial charge < -0.3 is 9.47 Å². The van der Waals surface area contributed by atoms with Crippen molar-refractivity contribution in [3.63, 3.8) is 0 Å². The maximum absolute atomic E-state index is 11.9. The summed E-state index contributed by atoms with van der Waals surface area (Å²) in [5, 5.41) is 0. The van der Waals surface area contributed by atoms with E-state index in [9.17, 15) is 9.59 Å². The summed E-state index contributed by atoms with van der Waals surface area (Å²) in [6.07, 6.45) is 3.46. The zero-order valence-electron chi connectivity index (χ0n) is 10.8. The molecule has 5 heteroatoms. The zero-order valence-corrected chi connectivity index (χ0v) is 10.8. The second kappa shape index (κ2) is 6.47. The molecule has 17 heavy (non-hydrogen) atoms. The van der Waals surface area contributed by atoms with E-state index in [1.165, 1.54) is 12.0 Å². The molecule has 0 atom stereocenters. The second-order valence-electron chi connectivity index (χ2n) is 4.57. The zero-order chi connectivity index (χ0) is 12.8. The van der Waals surface area contributed by atoms with E-state index in [2.05, 4.69) is 4.74 Å². The number of ether oxygens (including phenoxy) is 2. The predicted molar refractivity (Wildman–Crippen MR) is 62.6 cm³/mol. The minimum atomic E-state index is -0.419. The van der Waals surface area contributed by atoms with E-state index in [-0.39, 0.29) is 18.7 Å². The van der Waals surface area contributed by atoms with Gasteiger partial charge in [0.05, 0.1) is 13.2 Å². The topological polar surface area (TPSA) is 55.8 Å². The van der Waals surface area contributed by atoms with Crippen LogP contribution >= 0.6 is 0 Å². The average molecular weight is 243 g/mol. The number of esters is 1. The highest BCUT2D eigenvalue weighted by atomic mass is 16.6. The van der Waals surface area contributed by atoms with E-state index in [1.807, 2.05) is 0 Å². The highest BCUT2D eigenvalue weighted by Crippen LogP contribution is 2.24. The van der Waals surface area contributed by atoms with Crippen molar-refractivity contribution in [3.05, 3.63) is 0 Å². The lowest BCUT2D eigenvalue weighted by atomic mass is 10.2. The molecule has 0 unspecified atom stereocenters. The summed E-state index contributed by atoms with van der Waals surface area (Å²) in [5.74, 6) is -0.405. The standard InChI is InChI=1S/C12H21NO4/c1-9(2)17-12(15)13(8-11(14)16-3)10-6-4-5-7-10/h9-10H,4-8H2,1-3H3. The molecule has 1 rings (SSSR count). The van der Waals surface area contributed by atoms with E-state index in [1.54, 1.807) is 13.8 Å². The van der Waals surface area contributed by atoms with Crippen LogP contribution in [0.15, 0.2) is 0 Å². The Balaban J connectivity index is 2.63. The van der Waals surface area contributed by atoms with Crippen molar-refractivity contribution in [2.24, 2.45) is 0 Å². The molecule has 1 fully saturated rings. The fourth-order valence-electron chi connectivity index (χ4n) is 2.03. The van der Waals surface area contributed by atoms with Crippen LogP contribution in [0.5, 0.6) is 0 Å². The Hall–Kier alpha value is -1.26. The Morgan fingerprint density at radius 2 is 1.88 bits per heavy atom. The van der Waals surface area contributed by atoms with E-state index >= 15 is 0 Å². The third-order valence-electron chi connectivity index (χ3n) is 2.86. The summed E-state index contributed by atoms with van der Waals surface area (Å²) in [5.41, 5.74) is 0. The number of methoxy groups -OCH3 is 1. The SMILES string of the molecule is COC(=O)CN(C(=O)OC(C)C)C1CCCC1. The Morgan fingerprint density at radius 3 is 2.35 bits per heavy atom. The van der Waals surface area contributed by atoms with Gasteiger partial charge in [-0.2, -0.15) is 0 Å². The minimum Gasteiger partial charge on any atom is -0.468 e. The van der Waals surface area contributed by atoms with Crippen LogP contribution in [0.4, 0.5) is 4.79 Å². The van der Waals surface area contributed by atoms with E-state index in [0.29, 0.717) is 0 Å². The number of rotatable bonds is 4. The highest BCUT2D eigenvalue weighted by Gasteiger charge is 2.30. The molecule has 0 radical (unpaired) electrons. The quantitative estimate of drug-likeness (QED) is 0.708. The van der Waals surface area contributed by atoms with Crippen LogP contribution in [0, 0.1) is 0 Å². The predicted octanol–water partition coefficient (Wildman–Crippen LogP) is 1.95. The van der Waals surface area contributed by atoms with Gasteiger partial charge in [0.25, 0.3) is 0 Å². The van der Waals surface area contributed by atoms with Crippen LogP contribution in [-0.2, 0) is 14.3 Å². The monoisotopic (exact) mass is 243 g/mol. The molecule has 0 aliphatic heterocycles. The lowest BCUT2D eigenvalue weighted by Crippen LogP contribution is -2.43. The maximum atomic E-state index is 11.9. The molecule has 98 valence electrons. The molecule has 0 saturated heterocycles. The molecule has 0 aromatic rings. The normalized spacial score (nSPS) is 16.0. The lowest BCUT2D eigenvalue weighted by molar-refractivity contribution is -0.142. The summed E-state index contributed by atoms with van der Waals surface area (Å²) in [6, 6.07) is 0.111. The van der Waals surface area contributed by atoms with Crippen LogP contribution in [0.2, 0.25) is 0 Å². The Labute approximate surface area is 102 Å². The second-order valence-corrected chi connectivity index (χ2v) is 4.57. The number of hydrogen-bond donors (Lipinski definition) is 0. The van der Waals surface area contributed by atoms with Gasteiger partial charge in [-0.25, -0.2) is 4.79 Å². The van der Waals surface area contributed by atoms with Crippen molar-refractivity contribution < 1.29 is 19.1 Å². The molecular formula is C12H21NO4. The largest absolute Gasteiger partial charge is 0.468 e. The van der Waals surface area contributed by atoms with E-state index < -0.39 is 12.1 Å². The molecular weight excluding hydrogens is 222 g/mol. The van der Waals surface area contributed by atoms with Gasteiger partial charge in [0, 0.05) is 6.04 Å². The first kappa shape index (κ1) is 13.8. The summed E-state index contributed by atoms with van der Waals surface area (Å²) in [4.78, 5) is 24.7. The molecule has 0 heterocycles. The first-order chi connectivity index (χ1) is 8.04. The molecule has 1 aliphatic carbocycles. The Bertz CT molecular complexity index is 272. The van der Waals surface area contributed by atoms with Gasteiger partial charge in [-0.3, -0.25) is 9.69 Å². The van der Waals surface area contributed by atoms with Crippen molar-refractivity contribution in [1.82, 2.24) is 4.90 Å². The fourth-order valence-corrected chi connectivity index (χ4v) is 2.03. The van der Waals surface area contributed by atoms with Crippen LogP contribution in [0.1, 0.15) is 39.5 Å². The number of carbonyl (C=O) groups excluding carboxylic acids is 2. The number of amides is 1. The third kappa shape index (κ3) is 4.24. The fraction of sp³-hybridized carbons (Fsp3) is 0.833. The first-order valence-electron chi connectivity index (χ1n) is 6.08. The average Bonchev–Trinajstić information content (AvgIpc) is 2.77. The molecule has 1 saturated carbocycles. The molecule has 1 amide bonds. The number of nitrogens with zero attached hydrogens (tertiary/aromatic N) is 1. The smallest absolute Gasteiger partial charge is 0.410 e. The van der Waals surface area contributed by atoms with Crippen LogP contribution in [0.25, 0.3) is 0 Å². The summed E-state index contributed by atoms with van der Waals surface area (Å²) in [6.45, 7) is 3.57. The molecule has 1 aliphatic rings. The molecule has 0 N–H and O–H groups in total. The molecule has 0 bridgehead atoms. The maximum Gasteiger partial charge on any atom is 0.410 e. The van der Waals surface area contributed by atoms with Crippen molar-refractivity contribution >= 4 is 12.1 Å². The van der Waals surface area contributed by atoms with Gasteiger partial charge in [0.1, 0.15) is 6.54 Å². The van der Waals surface area contributed by atoms with Gasteiger partial charge >= 0.3 is 12.1 Å². The lowest BCUT2D eigenvalue weighted by Gasteiger charge is -2.27. The van der Waals surface area contributed by atoms with E-state index in [0.717, 1.165) is 25.7 Å². The van der Waals surface area contributed by atoms with Crippen LogP contribution in [-0.4, -0.2) is 42.8 Å². The minimum absolute atomic E-state index is 0.0211. The van der Waals surface area contributed by atoms with Crippen molar-refractivity contribution in [2.75, 3.05) is 13.7 Å². The molecule has 5 nitrogen and oxygen atoms in total. The van der Waals surface area contributed by atoms with Crippen LogP contribution in [0.3, 0.4) is 0 Å².